The molecule has 100 valence electrons. The predicted octanol–water partition coefficient (Wildman–Crippen LogP) is 3.71. The van der Waals surface area contributed by atoms with Crippen molar-refractivity contribution in [2.45, 2.75) is 13.8 Å². The van der Waals surface area contributed by atoms with E-state index in [4.69, 9.17) is 17.0 Å². The molecule has 19 heavy (non-hydrogen) atoms. The molecule has 0 amide bonds. The first-order chi connectivity index (χ1) is 9.13. The van der Waals surface area contributed by atoms with Crippen LogP contribution >= 0.6 is 24.0 Å². The molecule has 2 aromatic rings. The monoisotopic (exact) mass is 293 g/mol. The number of carbonyl (C=O) groups excluding carboxylic acids is 1. The van der Waals surface area contributed by atoms with Gasteiger partial charge in [-0.25, -0.2) is 0 Å². The average molecular weight is 293 g/mol. The van der Waals surface area contributed by atoms with Gasteiger partial charge in [0.1, 0.15) is 0 Å². The summed E-state index contributed by atoms with van der Waals surface area (Å²) in [5.41, 5.74) is 2.64. The Kier molecular flexibility index (Phi) is 4.61. The summed E-state index contributed by atoms with van der Waals surface area (Å²) in [6, 6.07) is 7.81. The van der Waals surface area contributed by atoms with Crippen molar-refractivity contribution in [1.29, 1.82) is 0 Å². The van der Waals surface area contributed by atoms with Gasteiger partial charge in [0.2, 0.25) is 4.38 Å². The number of para-hydroxylation sites is 1. The number of hydrogen-bond acceptors (Lipinski definition) is 4. The second kappa shape index (κ2) is 6.21. The molecule has 0 aliphatic carbocycles. The molecule has 0 saturated heterocycles. The normalized spacial score (nSPS) is 10.6. The topological polar surface area (TPSA) is 42.1 Å². The molecule has 0 atom stereocenters. The molecule has 3 nitrogen and oxygen atoms in total. The number of carbonyl (C=O) groups is 1. The molecule has 0 unspecified atom stereocenters. The van der Waals surface area contributed by atoms with Crippen LogP contribution in [0.25, 0.3) is 10.9 Å². The first-order valence-corrected chi connectivity index (χ1v) is 7.43. The van der Waals surface area contributed by atoms with Crippen LogP contribution < -0.4 is 0 Å². The Morgan fingerprint density at radius 3 is 2.89 bits per heavy atom. The summed E-state index contributed by atoms with van der Waals surface area (Å²) in [6.45, 7) is 4.32. The standard InChI is InChI=1S/C14H15NO2S2/c1-3-17-14(18)19-8-12(16)13-9(2)15-11-7-5-4-6-10(11)13/h4-7,15H,3,8H2,1-2H3. The number of rotatable bonds is 4. The van der Waals surface area contributed by atoms with Crippen LogP contribution in [0.2, 0.25) is 0 Å². The molecule has 1 heterocycles. The molecule has 2 rings (SSSR count). The zero-order valence-corrected chi connectivity index (χ0v) is 12.5. The Balaban J connectivity index is 2.17. The van der Waals surface area contributed by atoms with E-state index < -0.39 is 0 Å². The highest BCUT2D eigenvalue weighted by Crippen LogP contribution is 2.23. The van der Waals surface area contributed by atoms with Crippen LogP contribution in [-0.2, 0) is 4.74 Å². The summed E-state index contributed by atoms with van der Waals surface area (Å²) >= 11 is 6.28. The van der Waals surface area contributed by atoms with Crippen LogP contribution in [0.5, 0.6) is 0 Å². The van der Waals surface area contributed by atoms with Crippen molar-refractivity contribution in [2.24, 2.45) is 0 Å². The number of ketones is 1. The van der Waals surface area contributed by atoms with E-state index in [1.165, 1.54) is 11.8 Å². The van der Waals surface area contributed by atoms with Gasteiger partial charge in [-0.05, 0) is 32.1 Å². The number of hydrogen-bond donors (Lipinski definition) is 1. The van der Waals surface area contributed by atoms with E-state index in [0.29, 0.717) is 16.7 Å². The minimum absolute atomic E-state index is 0.0713. The highest BCUT2D eigenvalue weighted by Gasteiger charge is 2.16. The summed E-state index contributed by atoms with van der Waals surface area (Å²) in [4.78, 5) is 15.5. The molecule has 0 fully saturated rings. The van der Waals surface area contributed by atoms with Crippen LogP contribution in [0.15, 0.2) is 24.3 Å². The third-order valence-electron chi connectivity index (χ3n) is 2.76. The summed E-state index contributed by atoms with van der Waals surface area (Å²) in [6.07, 6.45) is 0. The number of thiocarbonyl (C=S) groups is 1. The van der Waals surface area contributed by atoms with Crippen molar-refractivity contribution >= 4 is 45.0 Å². The maximum absolute atomic E-state index is 12.3. The molecule has 0 radical (unpaired) electrons. The van der Waals surface area contributed by atoms with E-state index in [1.807, 2.05) is 38.1 Å². The van der Waals surface area contributed by atoms with E-state index in [1.54, 1.807) is 0 Å². The third kappa shape index (κ3) is 3.16. The van der Waals surface area contributed by atoms with Crippen molar-refractivity contribution in [3.63, 3.8) is 0 Å². The highest BCUT2D eigenvalue weighted by molar-refractivity contribution is 8.23. The van der Waals surface area contributed by atoms with Gasteiger partial charge < -0.3 is 9.72 Å². The Labute approximate surface area is 121 Å². The molecule has 0 aliphatic rings. The fraction of sp³-hybridized carbons (Fsp3) is 0.286. The molecule has 1 aromatic carbocycles. The largest absolute Gasteiger partial charge is 0.479 e. The molecule has 1 N–H and O–H groups in total. The van der Waals surface area contributed by atoms with Gasteiger partial charge >= 0.3 is 0 Å². The van der Waals surface area contributed by atoms with Crippen LogP contribution in [0.3, 0.4) is 0 Å². The molecule has 1 aromatic heterocycles. The summed E-state index contributed by atoms with van der Waals surface area (Å²) in [5.74, 6) is 0.378. The molecule has 5 heteroatoms. The number of ether oxygens (including phenoxy) is 1. The molecule has 0 aliphatic heterocycles. The Morgan fingerprint density at radius 1 is 1.42 bits per heavy atom. The van der Waals surface area contributed by atoms with Gasteiger partial charge in [-0.2, -0.15) is 0 Å². The molecular weight excluding hydrogens is 278 g/mol. The quantitative estimate of drug-likeness (QED) is 0.689. The maximum atomic E-state index is 12.3. The SMILES string of the molecule is CCOC(=S)SCC(=O)c1c(C)[nH]c2ccccc12. The van der Waals surface area contributed by atoms with E-state index in [-0.39, 0.29) is 5.78 Å². The highest BCUT2D eigenvalue weighted by atomic mass is 32.2. The number of thioether (sulfide) groups is 1. The summed E-state index contributed by atoms with van der Waals surface area (Å²) < 4.78 is 5.59. The Bertz CT molecular complexity index is 619. The number of H-pyrrole nitrogens is 1. The molecule has 0 saturated carbocycles. The molecular formula is C14H15NO2S2. The van der Waals surface area contributed by atoms with Gasteiger partial charge in [0, 0.05) is 22.2 Å². The van der Waals surface area contributed by atoms with Crippen molar-refractivity contribution < 1.29 is 9.53 Å². The number of benzene rings is 1. The van der Waals surface area contributed by atoms with Crippen molar-refractivity contribution in [3.05, 3.63) is 35.5 Å². The third-order valence-corrected chi connectivity index (χ3v) is 3.99. The van der Waals surface area contributed by atoms with E-state index >= 15 is 0 Å². The van der Waals surface area contributed by atoms with E-state index in [2.05, 4.69) is 4.98 Å². The van der Waals surface area contributed by atoms with Gasteiger partial charge in [-0.1, -0.05) is 30.0 Å². The van der Waals surface area contributed by atoms with Crippen LogP contribution in [-0.4, -0.2) is 27.5 Å². The minimum atomic E-state index is 0.0713. The maximum Gasteiger partial charge on any atom is 0.220 e. The van der Waals surface area contributed by atoms with Gasteiger partial charge in [0.15, 0.2) is 5.78 Å². The number of Topliss-reactive ketones (excluding diaryl/α,β-unsaturated/α-hetero) is 1. The second-order valence-corrected chi connectivity index (χ2v) is 5.64. The second-order valence-electron chi connectivity index (χ2n) is 4.07. The number of aromatic nitrogens is 1. The Morgan fingerprint density at radius 2 is 2.16 bits per heavy atom. The fourth-order valence-corrected chi connectivity index (χ4v) is 2.88. The minimum Gasteiger partial charge on any atom is -0.479 e. The number of aryl methyl sites for hydroxylation is 1. The average Bonchev–Trinajstić information content (AvgIpc) is 2.72. The number of aromatic amines is 1. The summed E-state index contributed by atoms with van der Waals surface area (Å²) in [7, 11) is 0. The smallest absolute Gasteiger partial charge is 0.220 e. The lowest BCUT2D eigenvalue weighted by Gasteiger charge is -2.04. The first-order valence-electron chi connectivity index (χ1n) is 6.03. The van der Waals surface area contributed by atoms with Crippen LogP contribution in [0, 0.1) is 6.92 Å². The zero-order valence-electron chi connectivity index (χ0n) is 10.9. The van der Waals surface area contributed by atoms with Crippen molar-refractivity contribution in [1.82, 2.24) is 4.98 Å². The first kappa shape index (κ1) is 14.1. The van der Waals surface area contributed by atoms with Gasteiger partial charge in [-0.3, -0.25) is 4.79 Å². The van der Waals surface area contributed by atoms with Crippen LogP contribution in [0.4, 0.5) is 0 Å². The number of nitrogens with one attached hydrogen (secondary N) is 1. The van der Waals surface area contributed by atoms with Crippen molar-refractivity contribution in [2.75, 3.05) is 12.4 Å². The van der Waals surface area contributed by atoms with Gasteiger partial charge in [0.05, 0.1) is 12.4 Å². The summed E-state index contributed by atoms with van der Waals surface area (Å²) in [5, 5.41) is 0.966. The van der Waals surface area contributed by atoms with Gasteiger partial charge in [-0.15, -0.1) is 0 Å². The van der Waals surface area contributed by atoms with Crippen LogP contribution in [0.1, 0.15) is 23.0 Å². The Hall–Kier alpha value is -1.33. The van der Waals surface area contributed by atoms with E-state index in [9.17, 15) is 4.79 Å². The van der Waals surface area contributed by atoms with E-state index in [0.717, 1.165) is 22.2 Å². The molecule has 0 bridgehead atoms. The number of fused-ring (bicyclic) bond motifs is 1. The lowest BCUT2D eigenvalue weighted by Crippen LogP contribution is -2.07. The predicted molar refractivity (Wildman–Crippen MR) is 84.0 cm³/mol. The zero-order chi connectivity index (χ0) is 13.8. The lowest BCUT2D eigenvalue weighted by atomic mass is 10.1. The molecule has 0 spiro atoms. The fourth-order valence-electron chi connectivity index (χ4n) is 1.99. The lowest BCUT2D eigenvalue weighted by molar-refractivity contribution is 0.102. The van der Waals surface area contributed by atoms with Crippen molar-refractivity contribution in [3.8, 4) is 0 Å². The van der Waals surface area contributed by atoms with Gasteiger partial charge in [0.25, 0.3) is 0 Å².